The lowest BCUT2D eigenvalue weighted by molar-refractivity contribution is -0.384. The van der Waals surface area contributed by atoms with Crippen molar-refractivity contribution >= 4 is 17.6 Å². The first-order valence-electron chi connectivity index (χ1n) is 8.15. The molecule has 0 radical (unpaired) electrons. The normalized spacial score (nSPS) is 12.7. The molecule has 2 rings (SSSR count). The number of rotatable bonds is 8. The van der Waals surface area contributed by atoms with Crippen LogP contribution in [-0.4, -0.2) is 37.1 Å². The van der Waals surface area contributed by atoms with Gasteiger partial charge >= 0.3 is 5.97 Å². The summed E-state index contributed by atoms with van der Waals surface area (Å²) in [7, 11) is 2.63. The zero-order chi connectivity index (χ0) is 19.8. The van der Waals surface area contributed by atoms with Crippen molar-refractivity contribution in [2.24, 2.45) is 0 Å². The van der Waals surface area contributed by atoms with E-state index in [9.17, 15) is 19.7 Å². The van der Waals surface area contributed by atoms with Crippen LogP contribution in [0.2, 0.25) is 0 Å². The molecule has 0 aromatic heterocycles. The highest BCUT2D eigenvalue weighted by molar-refractivity contribution is 5.87. The van der Waals surface area contributed by atoms with E-state index >= 15 is 0 Å². The quantitative estimate of drug-likeness (QED) is 0.432. The number of hydrogen-bond acceptors (Lipinski definition) is 6. The summed E-state index contributed by atoms with van der Waals surface area (Å²) >= 11 is 0. The number of nitrogens with zero attached hydrogens (tertiary/aromatic N) is 1. The van der Waals surface area contributed by atoms with Gasteiger partial charge in [0.1, 0.15) is 6.04 Å². The molecule has 8 nitrogen and oxygen atoms in total. The minimum atomic E-state index is -0.953. The van der Waals surface area contributed by atoms with Gasteiger partial charge in [0, 0.05) is 25.7 Å². The molecule has 1 amide bonds. The second-order valence-corrected chi connectivity index (χ2v) is 5.74. The van der Waals surface area contributed by atoms with Gasteiger partial charge < -0.3 is 14.8 Å². The van der Waals surface area contributed by atoms with Crippen molar-refractivity contribution in [2.45, 2.75) is 18.6 Å². The molecule has 0 unspecified atom stereocenters. The Morgan fingerprint density at radius 2 is 1.70 bits per heavy atom. The van der Waals surface area contributed by atoms with E-state index in [2.05, 4.69) is 5.32 Å². The third-order valence-corrected chi connectivity index (χ3v) is 3.97. The Balaban J connectivity index is 2.14. The predicted molar refractivity (Wildman–Crippen MR) is 96.9 cm³/mol. The molecule has 0 saturated heterocycles. The summed E-state index contributed by atoms with van der Waals surface area (Å²) in [5.41, 5.74) is 1.24. The van der Waals surface area contributed by atoms with Gasteiger partial charge in [-0.15, -0.1) is 0 Å². The maximum absolute atomic E-state index is 12.6. The summed E-state index contributed by atoms with van der Waals surface area (Å²) in [4.78, 5) is 34.9. The Labute approximate surface area is 156 Å². The third kappa shape index (κ3) is 5.35. The van der Waals surface area contributed by atoms with Gasteiger partial charge in [0.2, 0.25) is 0 Å². The number of non-ortho nitro benzene ring substituents is 1. The largest absolute Gasteiger partial charge is 0.467 e. The summed E-state index contributed by atoms with van der Waals surface area (Å²) in [6.45, 7) is 0. The minimum Gasteiger partial charge on any atom is -0.467 e. The lowest BCUT2D eigenvalue weighted by Crippen LogP contribution is -2.45. The van der Waals surface area contributed by atoms with Crippen LogP contribution < -0.4 is 5.32 Å². The summed E-state index contributed by atoms with van der Waals surface area (Å²) in [6.07, 6.45) is -0.753. The number of carbonyl (C=O) groups is 2. The number of hydrogen-bond donors (Lipinski definition) is 1. The van der Waals surface area contributed by atoms with Gasteiger partial charge in [0.25, 0.3) is 11.6 Å². The first-order valence-corrected chi connectivity index (χ1v) is 8.15. The number of carbonyl (C=O) groups excluding carboxylic acids is 2. The van der Waals surface area contributed by atoms with Crippen LogP contribution in [-0.2, 0) is 25.5 Å². The molecule has 0 spiro atoms. The van der Waals surface area contributed by atoms with Crippen molar-refractivity contribution in [3.05, 3.63) is 75.8 Å². The molecule has 0 fully saturated rings. The molecule has 27 heavy (non-hydrogen) atoms. The van der Waals surface area contributed by atoms with Gasteiger partial charge in [-0.25, -0.2) is 4.79 Å². The zero-order valence-electron chi connectivity index (χ0n) is 15.0. The van der Waals surface area contributed by atoms with Crippen molar-refractivity contribution < 1.29 is 24.0 Å². The van der Waals surface area contributed by atoms with E-state index < -0.39 is 28.9 Å². The van der Waals surface area contributed by atoms with Crippen molar-refractivity contribution in [1.29, 1.82) is 0 Å². The molecule has 0 saturated carbocycles. The summed E-state index contributed by atoms with van der Waals surface area (Å²) in [5, 5.41) is 13.4. The molecule has 0 bridgehead atoms. The number of nitro benzene ring substituents is 1. The molecular formula is C19H20N2O6. The van der Waals surface area contributed by atoms with Gasteiger partial charge in [0.05, 0.1) is 12.0 Å². The van der Waals surface area contributed by atoms with E-state index in [1.807, 2.05) is 6.07 Å². The predicted octanol–water partition coefficient (Wildman–Crippen LogP) is 2.18. The van der Waals surface area contributed by atoms with Crippen LogP contribution in [0, 0.1) is 10.1 Å². The molecule has 142 valence electrons. The van der Waals surface area contributed by atoms with Crippen molar-refractivity contribution in [2.75, 3.05) is 14.2 Å². The van der Waals surface area contributed by atoms with Gasteiger partial charge in [0.15, 0.2) is 6.10 Å². The Hall–Kier alpha value is -3.26. The van der Waals surface area contributed by atoms with Gasteiger partial charge in [-0.2, -0.15) is 0 Å². The summed E-state index contributed by atoms with van der Waals surface area (Å²) in [5.74, 6) is -1.11. The minimum absolute atomic E-state index is 0.0547. The molecule has 2 aromatic carbocycles. The van der Waals surface area contributed by atoms with Crippen molar-refractivity contribution in [1.82, 2.24) is 5.32 Å². The van der Waals surface area contributed by atoms with E-state index in [0.29, 0.717) is 11.1 Å². The lowest BCUT2D eigenvalue weighted by atomic mass is 10.0. The highest BCUT2D eigenvalue weighted by Crippen LogP contribution is 2.18. The molecule has 0 aliphatic heterocycles. The van der Waals surface area contributed by atoms with E-state index in [1.54, 1.807) is 24.3 Å². The highest BCUT2D eigenvalue weighted by Gasteiger charge is 2.27. The Kier molecular flexibility index (Phi) is 7.01. The lowest BCUT2D eigenvalue weighted by Gasteiger charge is -2.21. The van der Waals surface area contributed by atoms with Crippen LogP contribution in [0.1, 0.15) is 17.2 Å². The monoisotopic (exact) mass is 372 g/mol. The number of ether oxygens (including phenoxy) is 2. The Morgan fingerprint density at radius 3 is 2.22 bits per heavy atom. The number of amides is 1. The van der Waals surface area contributed by atoms with Crippen LogP contribution in [0.5, 0.6) is 0 Å². The topological polar surface area (TPSA) is 108 Å². The van der Waals surface area contributed by atoms with Gasteiger partial charge in [-0.05, 0) is 11.1 Å². The van der Waals surface area contributed by atoms with Crippen LogP contribution in [0.4, 0.5) is 5.69 Å². The van der Waals surface area contributed by atoms with Gasteiger partial charge in [-0.1, -0.05) is 42.5 Å². The van der Waals surface area contributed by atoms with Crippen molar-refractivity contribution in [3.63, 3.8) is 0 Å². The number of methoxy groups -OCH3 is 2. The average Bonchev–Trinajstić information content (AvgIpc) is 2.68. The standard InChI is InChI=1S/C19H20N2O6/c1-26-17(14-6-4-3-5-7-14)18(22)20-16(19(23)27-2)12-13-8-10-15(11-9-13)21(24)25/h3-11,16-17H,12H2,1-2H3,(H,20,22)/t16-,17+/m1/s1. The molecule has 2 atom stereocenters. The summed E-state index contributed by atoms with van der Waals surface area (Å²) in [6, 6.07) is 13.7. The van der Waals surface area contributed by atoms with E-state index in [0.717, 1.165) is 0 Å². The fourth-order valence-electron chi connectivity index (χ4n) is 2.59. The second kappa shape index (κ2) is 9.44. The number of benzene rings is 2. The average molecular weight is 372 g/mol. The molecule has 2 aromatic rings. The van der Waals surface area contributed by atoms with Crippen LogP contribution >= 0.6 is 0 Å². The number of nitrogens with one attached hydrogen (secondary N) is 1. The fourth-order valence-corrected chi connectivity index (χ4v) is 2.59. The van der Waals surface area contributed by atoms with Crippen LogP contribution in [0.25, 0.3) is 0 Å². The van der Waals surface area contributed by atoms with Crippen LogP contribution in [0.15, 0.2) is 54.6 Å². The van der Waals surface area contributed by atoms with E-state index in [4.69, 9.17) is 9.47 Å². The number of esters is 1. The molecule has 0 heterocycles. The first-order chi connectivity index (χ1) is 13.0. The second-order valence-electron chi connectivity index (χ2n) is 5.74. The fraction of sp³-hybridized carbons (Fsp3) is 0.263. The van der Waals surface area contributed by atoms with Crippen LogP contribution in [0.3, 0.4) is 0 Å². The zero-order valence-corrected chi connectivity index (χ0v) is 15.0. The van der Waals surface area contributed by atoms with Gasteiger partial charge in [-0.3, -0.25) is 14.9 Å². The number of nitro groups is 1. The SMILES string of the molecule is COC(=O)[C@@H](Cc1ccc([N+](=O)[O-])cc1)NC(=O)[C@@H](OC)c1ccccc1. The van der Waals surface area contributed by atoms with E-state index in [-0.39, 0.29) is 12.1 Å². The van der Waals surface area contributed by atoms with E-state index in [1.165, 1.54) is 38.5 Å². The Morgan fingerprint density at radius 1 is 1.07 bits per heavy atom. The summed E-state index contributed by atoms with van der Waals surface area (Å²) < 4.78 is 10.0. The molecule has 8 heteroatoms. The molecule has 0 aliphatic rings. The molecule has 1 N–H and O–H groups in total. The maximum Gasteiger partial charge on any atom is 0.328 e. The van der Waals surface area contributed by atoms with Crippen molar-refractivity contribution in [3.8, 4) is 0 Å². The molecule has 0 aliphatic carbocycles. The first kappa shape index (κ1) is 20.1. The molecular weight excluding hydrogens is 352 g/mol. The maximum atomic E-state index is 12.6. The third-order valence-electron chi connectivity index (χ3n) is 3.97. The Bertz CT molecular complexity index is 792. The highest BCUT2D eigenvalue weighted by atomic mass is 16.6. The smallest absolute Gasteiger partial charge is 0.328 e.